The minimum Gasteiger partial charge on any atom is -0.457 e. The molecule has 0 spiro atoms. The number of ether oxygens (including phenoxy) is 1. The molecule has 2 aromatic carbocycles. The highest BCUT2D eigenvalue weighted by Crippen LogP contribution is 2.20. The summed E-state index contributed by atoms with van der Waals surface area (Å²) >= 11 is 0. The van der Waals surface area contributed by atoms with E-state index in [2.05, 4.69) is 0 Å². The quantitative estimate of drug-likeness (QED) is 0.662. The minimum atomic E-state index is 0.614. The van der Waals surface area contributed by atoms with Gasteiger partial charge < -0.3 is 9.84 Å². The molecule has 1 N–H and O–H groups in total. The first kappa shape index (κ1) is 13.3. The maximum absolute atomic E-state index is 10.6. The number of nitrogens with zero attached hydrogens (tertiary/aromatic N) is 1. The van der Waals surface area contributed by atoms with Crippen LogP contribution in [0.15, 0.2) is 54.6 Å². The van der Waals surface area contributed by atoms with Gasteiger partial charge >= 0.3 is 0 Å². The molecule has 0 fully saturated rings. The van der Waals surface area contributed by atoms with Crippen molar-refractivity contribution in [2.24, 2.45) is 0 Å². The molecule has 0 atom stereocenters. The van der Waals surface area contributed by atoms with Gasteiger partial charge in [0.2, 0.25) is 0 Å². The number of aliphatic hydroxyl groups is 1. The summed E-state index contributed by atoms with van der Waals surface area (Å²) in [6.45, 7) is 0. The van der Waals surface area contributed by atoms with Gasteiger partial charge in [0.25, 0.3) is 6.26 Å². The average Bonchev–Trinajstić information content (AvgIpc) is 2.41. The zero-order valence-corrected chi connectivity index (χ0v) is 9.48. The van der Waals surface area contributed by atoms with Crippen LogP contribution in [-0.2, 0) is 0 Å². The third-order valence-electron chi connectivity index (χ3n) is 1.97. The van der Waals surface area contributed by atoms with Gasteiger partial charge in [0.05, 0.1) is 0 Å². The third-order valence-corrected chi connectivity index (χ3v) is 1.97. The van der Waals surface area contributed by atoms with E-state index in [1.165, 1.54) is 0 Å². The van der Waals surface area contributed by atoms with Gasteiger partial charge in [-0.05, 0) is 24.3 Å². The van der Waals surface area contributed by atoms with Crippen molar-refractivity contribution >= 4 is 6.29 Å². The van der Waals surface area contributed by atoms with Crippen molar-refractivity contribution in [2.45, 2.75) is 0 Å². The second-order valence-electron chi connectivity index (χ2n) is 3.21. The number of hydrogen-bond acceptors (Lipinski definition) is 4. The number of para-hydroxylation sites is 1. The van der Waals surface area contributed by atoms with Crippen molar-refractivity contribution < 1.29 is 14.6 Å². The van der Waals surface area contributed by atoms with Crippen LogP contribution in [0.3, 0.4) is 0 Å². The molecule has 4 nitrogen and oxygen atoms in total. The standard InChI is InChI=1S/C13H10O2.CHNO/c14-10-11-5-4-8-13(9-11)15-12-6-2-1-3-7-12;2-1-3/h1-10H;3H. The average molecular weight is 241 g/mol. The summed E-state index contributed by atoms with van der Waals surface area (Å²) < 4.78 is 5.56. The molecule has 0 aliphatic heterocycles. The van der Waals surface area contributed by atoms with Crippen LogP contribution in [0.5, 0.6) is 11.5 Å². The van der Waals surface area contributed by atoms with Crippen molar-refractivity contribution in [3.63, 3.8) is 0 Å². The number of carbonyl (C=O) groups is 1. The van der Waals surface area contributed by atoms with Crippen LogP contribution in [0.4, 0.5) is 0 Å². The van der Waals surface area contributed by atoms with Gasteiger partial charge in [-0.15, -0.1) is 0 Å². The molecule has 0 aliphatic carbocycles. The second-order valence-corrected chi connectivity index (χ2v) is 3.21. The molecule has 0 unspecified atom stereocenters. The largest absolute Gasteiger partial charge is 0.457 e. The lowest BCUT2D eigenvalue weighted by Gasteiger charge is -2.04. The molecular formula is C14H11NO3. The maximum Gasteiger partial charge on any atom is 0.283 e. The predicted octanol–water partition coefficient (Wildman–Crippen LogP) is 3.13. The minimum absolute atomic E-state index is 0.614. The lowest BCUT2D eigenvalue weighted by molar-refractivity contribution is 0.112. The predicted molar refractivity (Wildman–Crippen MR) is 65.9 cm³/mol. The Morgan fingerprint density at radius 1 is 1.06 bits per heavy atom. The number of carbonyl (C=O) groups excluding carboxylic acids is 1. The number of nitriles is 1. The molecule has 0 saturated carbocycles. The van der Waals surface area contributed by atoms with Crippen LogP contribution in [0.1, 0.15) is 10.4 Å². The van der Waals surface area contributed by atoms with E-state index in [4.69, 9.17) is 15.1 Å². The van der Waals surface area contributed by atoms with Gasteiger partial charge in [-0.2, -0.15) is 5.26 Å². The molecule has 0 amide bonds. The normalized spacial score (nSPS) is 8.39. The van der Waals surface area contributed by atoms with Crippen molar-refractivity contribution in [3.05, 3.63) is 60.2 Å². The topological polar surface area (TPSA) is 70.3 Å². The summed E-state index contributed by atoms with van der Waals surface area (Å²) in [5.74, 6) is 1.44. The number of aliphatic hydroxyl groups excluding tert-OH is 1. The van der Waals surface area contributed by atoms with Crippen LogP contribution in [0.2, 0.25) is 0 Å². The van der Waals surface area contributed by atoms with Crippen molar-refractivity contribution in [2.75, 3.05) is 0 Å². The Balaban J connectivity index is 0.000000492. The molecule has 0 aliphatic rings. The second kappa shape index (κ2) is 7.47. The van der Waals surface area contributed by atoms with Crippen LogP contribution in [-0.4, -0.2) is 11.4 Å². The smallest absolute Gasteiger partial charge is 0.283 e. The number of aldehydes is 1. The lowest BCUT2D eigenvalue weighted by Crippen LogP contribution is -1.85. The summed E-state index contributed by atoms with van der Waals surface area (Å²) in [5, 5.41) is 13.8. The molecule has 2 rings (SSSR count). The number of rotatable bonds is 3. The van der Waals surface area contributed by atoms with Crippen LogP contribution < -0.4 is 4.74 Å². The Morgan fingerprint density at radius 2 is 1.67 bits per heavy atom. The maximum atomic E-state index is 10.6. The number of hydrogen-bond donors (Lipinski definition) is 1. The molecule has 0 heterocycles. The summed E-state index contributed by atoms with van der Waals surface area (Å²) in [6.07, 6.45) is 1.55. The zero-order valence-electron chi connectivity index (χ0n) is 9.48. The monoisotopic (exact) mass is 241 g/mol. The van der Waals surface area contributed by atoms with Gasteiger partial charge in [-0.1, -0.05) is 30.3 Å². The lowest BCUT2D eigenvalue weighted by atomic mass is 10.2. The summed E-state index contributed by atoms with van der Waals surface area (Å²) in [5.41, 5.74) is 0.614. The van der Waals surface area contributed by atoms with E-state index < -0.39 is 0 Å². The Kier molecular flexibility index (Phi) is 5.50. The molecule has 0 aromatic heterocycles. The Hall–Kier alpha value is -2.80. The van der Waals surface area contributed by atoms with Crippen molar-refractivity contribution in [1.29, 1.82) is 5.26 Å². The van der Waals surface area contributed by atoms with Crippen molar-refractivity contribution in [1.82, 2.24) is 0 Å². The van der Waals surface area contributed by atoms with Gasteiger partial charge in [-0.3, -0.25) is 4.79 Å². The fraction of sp³-hybridized carbons (Fsp3) is 0. The molecule has 0 bridgehead atoms. The van der Waals surface area contributed by atoms with Gasteiger partial charge in [0, 0.05) is 5.56 Å². The Labute approximate surface area is 105 Å². The van der Waals surface area contributed by atoms with E-state index >= 15 is 0 Å². The first-order valence-electron chi connectivity index (χ1n) is 5.11. The first-order chi connectivity index (χ1) is 8.80. The van der Waals surface area contributed by atoms with E-state index in [0.717, 1.165) is 18.3 Å². The molecular weight excluding hydrogens is 230 g/mol. The zero-order chi connectivity index (χ0) is 13.2. The first-order valence-corrected chi connectivity index (χ1v) is 5.11. The number of benzene rings is 2. The highest BCUT2D eigenvalue weighted by Gasteiger charge is 1.97. The fourth-order valence-electron chi connectivity index (χ4n) is 1.28. The van der Waals surface area contributed by atoms with Crippen LogP contribution in [0.25, 0.3) is 0 Å². The van der Waals surface area contributed by atoms with Crippen molar-refractivity contribution in [3.8, 4) is 17.8 Å². The molecule has 0 saturated heterocycles. The molecule has 0 radical (unpaired) electrons. The Bertz CT molecular complexity index is 532. The third kappa shape index (κ3) is 4.37. The highest BCUT2D eigenvalue weighted by molar-refractivity contribution is 5.75. The van der Waals surface area contributed by atoms with E-state index in [1.807, 2.05) is 36.4 Å². The fourth-order valence-corrected chi connectivity index (χ4v) is 1.28. The van der Waals surface area contributed by atoms with Gasteiger partial charge in [0.1, 0.15) is 17.8 Å². The van der Waals surface area contributed by atoms with E-state index in [1.54, 1.807) is 18.2 Å². The highest BCUT2D eigenvalue weighted by atomic mass is 16.5. The molecule has 18 heavy (non-hydrogen) atoms. The van der Waals surface area contributed by atoms with E-state index in [9.17, 15) is 4.79 Å². The van der Waals surface area contributed by atoms with Crippen LogP contribution in [0, 0.1) is 11.5 Å². The summed E-state index contributed by atoms with van der Waals surface area (Å²) in [7, 11) is 0. The van der Waals surface area contributed by atoms with Crippen LogP contribution >= 0.6 is 0 Å². The van der Waals surface area contributed by atoms with Gasteiger partial charge in [0.15, 0.2) is 0 Å². The molecule has 2 aromatic rings. The van der Waals surface area contributed by atoms with Gasteiger partial charge in [-0.25, -0.2) is 0 Å². The summed E-state index contributed by atoms with van der Waals surface area (Å²) in [6, 6.07) is 16.5. The van der Waals surface area contributed by atoms with E-state index in [0.29, 0.717) is 11.3 Å². The van der Waals surface area contributed by atoms with E-state index in [-0.39, 0.29) is 0 Å². The molecule has 90 valence electrons. The SMILES string of the molecule is N#CO.O=Cc1cccc(Oc2ccccc2)c1. The molecule has 4 heteroatoms. The Morgan fingerprint density at radius 3 is 2.28 bits per heavy atom. The summed E-state index contributed by atoms with van der Waals surface area (Å²) in [4.78, 5) is 10.6.